The van der Waals surface area contributed by atoms with E-state index in [0.717, 1.165) is 0 Å². The number of hydrogen-bond acceptors (Lipinski definition) is 0. The summed E-state index contributed by atoms with van der Waals surface area (Å²) in [7, 11) is -0.0839. The fraction of sp³-hybridized carbons (Fsp3) is 1.00. The lowest BCUT2D eigenvalue weighted by atomic mass is 10.6. The van der Waals surface area contributed by atoms with Gasteiger partial charge in [-0.2, -0.15) is 0 Å². The van der Waals surface area contributed by atoms with Crippen LogP contribution in [0.2, 0.25) is 23.8 Å². The van der Waals surface area contributed by atoms with Gasteiger partial charge in [0.05, 0.1) is 0 Å². The van der Waals surface area contributed by atoms with Crippen LogP contribution in [0, 0.1) is 0 Å². The molecule has 0 spiro atoms. The Morgan fingerprint density at radius 2 is 2.30 bits per heavy atom. The maximum Gasteiger partial charge on any atom is 0.133 e. The summed E-state index contributed by atoms with van der Waals surface area (Å²) in [6.07, 6.45) is 1.48. The van der Waals surface area contributed by atoms with Crippen LogP contribution in [0.4, 0.5) is 0 Å². The predicted octanol–water partition coefficient (Wildman–Crippen LogP) is 3.68. The van der Waals surface area contributed by atoms with Gasteiger partial charge in [-0.3, -0.25) is 0 Å². The van der Waals surface area contributed by atoms with Gasteiger partial charge >= 0.3 is 0 Å². The molecule has 0 aromatic rings. The smallest absolute Gasteiger partial charge is 0.129 e. The molecule has 1 saturated heterocycles. The monoisotopic (exact) mass is 299 g/mol. The van der Waals surface area contributed by atoms with Crippen LogP contribution in [0.25, 0.3) is 0 Å². The van der Waals surface area contributed by atoms with Gasteiger partial charge in [-0.15, -0.1) is 30.6 Å². The fourth-order valence-corrected chi connectivity index (χ4v) is 21.6. The van der Waals surface area contributed by atoms with Crippen molar-refractivity contribution in [3.05, 3.63) is 0 Å². The number of rotatable bonds is 1. The van der Waals surface area contributed by atoms with Gasteiger partial charge in [0.25, 0.3) is 0 Å². The SMILES string of the molecule is CC[Si]1(Br)CCC[Si](Br)C1. The fourth-order valence-electron chi connectivity index (χ4n) is 1.42. The maximum atomic E-state index is 3.97. The van der Waals surface area contributed by atoms with Gasteiger partial charge in [0.1, 0.15) is 14.1 Å². The van der Waals surface area contributed by atoms with Crippen molar-refractivity contribution < 1.29 is 0 Å². The van der Waals surface area contributed by atoms with Gasteiger partial charge in [0, 0.05) is 0 Å². The lowest BCUT2D eigenvalue weighted by Gasteiger charge is -2.30. The molecule has 0 nitrogen and oxygen atoms in total. The third kappa shape index (κ3) is 2.46. The van der Waals surface area contributed by atoms with E-state index in [2.05, 4.69) is 37.5 Å². The quantitative estimate of drug-likeness (QED) is 0.512. The molecule has 1 heterocycles. The number of hydrogen-bond donors (Lipinski definition) is 0. The van der Waals surface area contributed by atoms with Gasteiger partial charge in [0.2, 0.25) is 0 Å². The van der Waals surface area contributed by atoms with Crippen molar-refractivity contribution in [3.8, 4) is 0 Å². The molecular formula is C6H13Br2Si2. The van der Waals surface area contributed by atoms with Crippen LogP contribution >= 0.6 is 30.6 Å². The van der Waals surface area contributed by atoms with E-state index in [9.17, 15) is 0 Å². The molecule has 0 bridgehead atoms. The maximum absolute atomic E-state index is 3.97. The second kappa shape index (κ2) is 3.87. The van der Waals surface area contributed by atoms with Crippen molar-refractivity contribution in [1.82, 2.24) is 0 Å². The zero-order valence-electron chi connectivity index (χ0n) is 6.29. The van der Waals surface area contributed by atoms with Crippen molar-refractivity contribution in [2.75, 3.05) is 0 Å². The highest BCUT2D eigenvalue weighted by Crippen LogP contribution is 2.37. The molecule has 4 heteroatoms. The normalized spacial score (nSPS) is 36.3. The van der Waals surface area contributed by atoms with Crippen molar-refractivity contribution >= 4 is 44.7 Å². The molecule has 1 rings (SSSR count). The molecule has 1 aliphatic heterocycles. The van der Waals surface area contributed by atoms with Crippen LogP contribution < -0.4 is 0 Å². The van der Waals surface area contributed by atoms with E-state index in [-0.39, 0.29) is 7.42 Å². The average molecular weight is 301 g/mol. The summed E-state index contributed by atoms with van der Waals surface area (Å²) in [4.78, 5) is 0. The summed E-state index contributed by atoms with van der Waals surface area (Å²) >= 11 is 7.78. The van der Waals surface area contributed by atoms with Crippen LogP contribution in [0.15, 0.2) is 0 Å². The lowest BCUT2D eigenvalue weighted by molar-refractivity contribution is 1.01. The van der Waals surface area contributed by atoms with E-state index < -0.39 is 6.69 Å². The third-order valence-electron chi connectivity index (χ3n) is 2.22. The van der Waals surface area contributed by atoms with Gasteiger partial charge in [-0.25, -0.2) is 0 Å². The molecule has 0 amide bonds. The summed E-state index contributed by atoms with van der Waals surface area (Å²) in [6.45, 7) is 1.48. The molecule has 1 radical (unpaired) electrons. The zero-order chi connectivity index (χ0) is 7.61. The van der Waals surface area contributed by atoms with Gasteiger partial charge < -0.3 is 0 Å². The molecular weight excluding hydrogens is 288 g/mol. The Labute approximate surface area is 81.6 Å². The van der Waals surface area contributed by atoms with Crippen LogP contribution in [-0.2, 0) is 0 Å². The Hall–Kier alpha value is 1.39. The first-order chi connectivity index (χ1) is 4.66. The Kier molecular flexibility index (Phi) is 3.67. The summed E-state index contributed by atoms with van der Waals surface area (Å²) in [6, 6.07) is 4.43. The van der Waals surface area contributed by atoms with Crippen molar-refractivity contribution in [2.24, 2.45) is 0 Å². The van der Waals surface area contributed by atoms with Crippen LogP contribution in [-0.4, -0.2) is 14.1 Å². The van der Waals surface area contributed by atoms with E-state index in [1.54, 1.807) is 0 Å². The summed E-state index contributed by atoms with van der Waals surface area (Å²) in [5.41, 5.74) is 1.54. The van der Waals surface area contributed by atoms with Gasteiger partial charge in [0.15, 0.2) is 0 Å². The molecule has 0 saturated carbocycles. The first-order valence-corrected chi connectivity index (χ1v) is 12.9. The summed E-state index contributed by atoms with van der Waals surface area (Å²) in [5, 5.41) is 0. The number of halogens is 2. The van der Waals surface area contributed by atoms with E-state index in [4.69, 9.17) is 0 Å². The molecule has 1 fully saturated rings. The first-order valence-electron chi connectivity index (χ1n) is 3.85. The van der Waals surface area contributed by atoms with Crippen LogP contribution in [0.1, 0.15) is 13.3 Å². The van der Waals surface area contributed by atoms with E-state index in [0.29, 0.717) is 0 Å². The Morgan fingerprint density at radius 3 is 2.70 bits per heavy atom. The molecule has 59 valence electrons. The zero-order valence-corrected chi connectivity index (χ0v) is 11.5. The van der Waals surface area contributed by atoms with Crippen molar-refractivity contribution in [2.45, 2.75) is 37.1 Å². The van der Waals surface area contributed by atoms with Gasteiger partial charge in [-0.1, -0.05) is 19.4 Å². The lowest BCUT2D eigenvalue weighted by Crippen LogP contribution is -2.34. The second-order valence-electron chi connectivity index (χ2n) is 3.05. The van der Waals surface area contributed by atoms with Crippen molar-refractivity contribution in [3.63, 3.8) is 0 Å². The topological polar surface area (TPSA) is 0 Å². The molecule has 10 heavy (non-hydrogen) atoms. The van der Waals surface area contributed by atoms with E-state index >= 15 is 0 Å². The van der Waals surface area contributed by atoms with Crippen molar-refractivity contribution in [1.29, 1.82) is 0 Å². The average Bonchev–Trinajstić information content (AvgIpc) is 1.88. The Balaban J connectivity index is 2.45. The molecule has 0 aromatic carbocycles. The standard InChI is InChI=1S/C6H13Br2Si2/c1-2-10(8)5-3-4-9(7)6-10/h2-6H2,1H3. The molecule has 0 aromatic heterocycles. The van der Waals surface area contributed by atoms with E-state index in [1.165, 1.54) is 30.2 Å². The first kappa shape index (κ1) is 9.48. The minimum atomic E-state index is -0.863. The highest BCUT2D eigenvalue weighted by atomic mass is 79.9. The molecule has 0 aliphatic carbocycles. The van der Waals surface area contributed by atoms with Crippen LogP contribution in [0.3, 0.4) is 0 Å². The minimum absolute atomic E-state index is 0.0839. The van der Waals surface area contributed by atoms with Crippen LogP contribution in [0.5, 0.6) is 0 Å². The van der Waals surface area contributed by atoms with E-state index in [1.807, 2.05) is 0 Å². The summed E-state index contributed by atoms with van der Waals surface area (Å²) in [5.74, 6) is 0. The molecule has 0 N–H and O–H groups in total. The third-order valence-corrected chi connectivity index (χ3v) is 18.8. The van der Waals surface area contributed by atoms with Gasteiger partial charge in [-0.05, 0) is 17.8 Å². The predicted molar refractivity (Wildman–Crippen MR) is 58.9 cm³/mol. The largest absolute Gasteiger partial charge is 0.133 e. The minimum Gasteiger partial charge on any atom is -0.129 e. The Morgan fingerprint density at radius 1 is 1.60 bits per heavy atom. The highest BCUT2D eigenvalue weighted by molar-refractivity contribution is 9.27. The second-order valence-corrected chi connectivity index (χ2v) is 17.9. The molecule has 1 aliphatic rings. The highest BCUT2D eigenvalue weighted by Gasteiger charge is 2.34. The summed E-state index contributed by atoms with van der Waals surface area (Å²) < 4.78 is 0. The molecule has 1 unspecified atom stereocenters. The Bertz CT molecular complexity index is 120. The molecule has 1 atom stereocenters.